The molecule has 0 aliphatic heterocycles. The summed E-state index contributed by atoms with van der Waals surface area (Å²) in [6.07, 6.45) is 2.22. The Bertz CT molecular complexity index is 566. The van der Waals surface area contributed by atoms with E-state index in [1.54, 1.807) is 12.1 Å². The van der Waals surface area contributed by atoms with Crippen molar-refractivity contribution >= 4 is 0 Å². The number of rotatable bonds is 8. The van der Waals surface area contributed by atoms with Gasteiger partial charge in [0.15, 0.2) is 0 Å². The van der Waals surface area contributed by atoms with Crippen LogP contribution in [0.2, 0.25) is 0 Å². The molecule has 0 amide bonds. The molecule has 3 nitrogen and oxygen atoms in total. The third-order valence-electron chi connectivity index (χ3n) is 3.81. The van der Waals surface area contributed by atoms with Crippen molar-refractivity contribution in [3.05, 3.63) is 65.2 Å². The third-order valence-corrected chi connectivity index (χ3v) is 3.81. The maximum Gasteiger partial charge on any atom is 0.115 e. The first-order valence-corrected chi connectivity index (χ1v) is 7.92. The van der Waals surface area contributed by atoms with E-state index >= 15 is 0 Å². The average Bonchev–Trinajstić information content (AvgIpc) is 2.54. The average molecular weight is 299 g/mol. The van der Waals surface area contributed by atoms with Gasteiger partial charge in [0.2, 0.25) is 0 Å². The van der Waals surface area contributed by atoms with E-state index < -0.39 is 0 Å². The van der Waals surface area contributed by atoms with Gasteiger partial charge < -0.3 is 15.5 Å². The first-order valence-electron chi connectivity index (χ1n) is 7.92. The van der Waals surface area contributed by atoms with Crippen LogP contribution in [0.1, 0.15) is 30.0 Å². The molecule has 0 radical (unpaired) electrons. The lowest BCUT2D eigenvalue weighted by atomic mass is 10.1. The number of aryl methyl sites for hydroxylation is 2. The third kappa shape index (κ3) is 5.51. The molecule has 2 rings (SSSR count). The quantitative estimate of drug-likeness (QED) is 0.702. The van der Waals surface area contributed by atoms with E-state index in [0.29, 0.717) is 13.0 Å². The minimum atomic E-state index is -0.358. The van der Waals surface area contributed by atoms with Gasteiger partial charge in [-0.3, -0.25) is 0 Å². The molecule has 0 aliphatic rings. The first kappa shape index (κ1) is 16.5. The molecule has 0 fully saturated rings. The van der Waals surface area contributed by atoms with Gasteiger partial charge in [-0.2, -0.15) is 0 Å². The zero-order chi connectivity index (χ0) is 15.8. The SMILES string of the molecule is CCc1cccc(CNCC(O)CCc2ccc(O)cc2)c1. The molecule has 1 unspecified atom stereocenters. The lowest BCUT2D eigenvalue weighted by molar-refractivity contribution is 0.161. The number of aliphatic hydroxyl groups excluding tert-OH is 1. The second kappa shape index (κ2) is 8.57. The van der Waals surface area contributed by atoms with Gasteiger partial charge in [0.1, 0.15) is 5.75 Å². The zero-order valence-corrected chi connectivity index (χ0v) is 13.1. The molecule has 0 bridgehead atoms. The fourth-order valence-electron chi connectivity index (χ4n) is 2.44. The van der Waals surface area contributed by atoms with Crippen molar-refractivity contribution in [3.8, 4) is 5.75 Å². The fourth-order valence-corrected chi connectivity index (χ4v) is 2.44. The van der Waals surface area contributed by atoms with Crippen molar-refractivity contribution in [1.29, 1.82) is 0 Å². The minimum absolute atomic E-state index is 0.278. The van der Waals surface area contributed by atoms with Gasteiger partial charge in [-0.25, -0.2) is 0 Å². The second-order valence-corrected chi connectivity index (χ2v) is 5.66. The summed E-state index contributed by atoms with van der Waals surface area (Å²) in [5, 5.41) is 22.6. The number of hydrogen-bond acceptors (Lipinski definition) is 3. The Labute approximate surface area is 132 Å². The number of aliphatic hydroxyl groups is 1. The molecule has 118 valence electrons. The largest absolute Gasteiger partial charge is 0.508 e. The van der Waals surface area contributed by atoms with E-state index in [9.17, 15) is 10.2 Å². The summed E-state index contributed by atoms with van der Waals surface area (Å²) in [5.41, 5.74) is 3.73. The van der Waals surface area contributed by atoms with E-state index in [-0.39, 0.29) is 11.9 Å². The van der Waals surface area contributed by atoms with E-state index in [0.717, 1.165) is 24.9 Å². The summed E-state index contributed by atoms with van der Waals surface area (Å²) in [7, 11) is 0. The van der Waals surface area contributed by atoms with Gasteiger partial charge in [-0.15, -0.1) is 0 Å². The predicted octanol–water partition coefficient (Wildman–Crippen LogP) is 3.04. The van der Waals surface area contributed by atoms with Crippen molar-refractivity contribution in [3.63, 3.8) is 0 Å². The maximum atomic E-state index is 10.0. The predicted molar refractivity (Wildman–Crippen MR) is 90.0 cm³/mol. The molecule has 0 spiro atoms. The zero-order valence-electron chi connectivity index (χ0n) is 13.1. The number of benzene rings is 2. The number of phenolic OH excluding ortho intramolecular Hbond substituents is 1. The molecule has 0 heterocycles. The normalized spacial score (nSPS) is 12.3. The van der Waals surface area contributed by atoms with Crippen LogP contribution in [0.15, 0.2) is 48.5 Å². The fraction of sp³-hybridized carbons (Fsp3) is 0.368. The number of phenols is 1. The Hall–Kier alpha value is -1.84. The molecule has 0 aromatic heterocycles. The van der Waals surface area contributed by atoms with Crippen molar-refractivity contribution in [2.24, 2.45) is 0 Å². The van der Waals surface area contributed by atoms with Crippen molar-refractivity contribution in [2.75, 3.05) is 6.54 Å². The Morgan fingerprint density at radius 2 is 1.73 bits per heavy atom. The van der Waals surface area contributed by atoms with Crippen LogP contribution in [-0.2, 0) is 19.4 Å². The second-order valence-electron chi connectivity index (χ2n) is 5.66. The van der Waals surface area contributed by atoms with E-state index in [2.05, 4.69) is 36.5 Å². The summed E-state index contributed by atoms with van der Waals surface area (Å²) in [6.45, 7) is 3.53. The van der Waals surface area contributed by atoms with Crippen molar-refractivity contribution in [2.45, 2.75) is 38.8 Å². The van der Waals surface area contributed by atoms with Crippen LogP contribution >= 0.6 is 0 Å². The van der Waals surface area contributed by atoms with Crippen molar-refractivity contribution < 1.29 is 10.2 Å². The minimum Gasteiger partial charge on any atom is -0.508 e. The first-order chi connectivity index (χ1) is 10.7. The molecule has 1 atom stereocenters. The summed E-state index contributed by atoms with van der Waals surface area (Å²) < 4.78 is 0. The van der Waals surface area contributed by atoms with Crippen LogP contribution in [-0.4, -0.2) is 22.9 Å². The van der Waals surface area contributed by atoms with E-state index in [1.807, 2.05) is 12.1 Å². The summed E-state index contributed by atoms with van der Waals surface area (Å²) in [4.78, 5) is 0. The highest BCUT2D eigenvalue weighted by molar-refractivity contribution is 5.26. The highest BCUT2D eigenvalue weighted by Crippen LogP contribution is 2.12. The Kier molecular flexibility index (Phi) is 6.44. The summed E-state index contributed by atoms with van der Waals surface area (Å²) in [5.74, 6) is 0.278. The number of hydrogen-bond donors (Lipinski definition) is 3. The Morgan fingerprint density at radius 1 is 1.00 bits per heavy atom. The maximum absolute atomic E-state index is 10.0. The van der Waals surface area contributed by atoms with Gasteiger partial charge in [-0.05, 0) is 48.1 Å². The lowest BCUT2D eigenvalue weighted by Crippen LogP contribution is -2.26. The van der Waals surface area contributed by atoms with Gasteiger partial charge in [0, 0.05) is 13.1 Å². The molecule has 22 heavy (non-hydrogen) atoms. The van der Waals surface area contributed by atoms with Crippen LogP contribution < -0.4 is 5.32 Å². The number of aromatic hydroxyl groups is 1. The highest BCUT2D eigenvalue weighted by Gasteiger charge is 2.05. The smallest absolute Gasteiger partial charge is 0.115 e. The van der Waals surface area contributed by atoms with Crippen LogP contribution in [0.4, 0.5) is 0 Å². The molecule has 3 N–H and O–H groups in total. The molecule has 2 aromatic carbocycles. The van der Waals surface area contributed by atoms with E-state index in [1.165, 1.54) is 11.1 Å². The topological polar surface area (TPSA) is 52.5 Å². The molecule has 0 aliphatic carbocycles. The van der Waals surface area contributed by atoms with Crippen LogP contribution in [0, 0.1) is 0 Å². The standard InChI is InChI=1S/C19H25NO2/c1-2-15-4-3-5-17(12-15)13-20-14-19(22)11-8-16-6-9-18(21)10-7-16/h3-7,9-10,12,19-22H,2,8,11,13-14H2,1H3. The number of nitrogens with one attached hydrogen (secondary N) is 1. The van der Waals surface area contributed by atoms with Gasteiger partial charge in [-0.1, -0.05) is 43.3 Å². The van der Waals surface area contributed by atoms with E-state index in [4.69, 9.17) is 0 Å². The molecule has 0 saturated carbocycles. The Balaban J connectivity index is 1.69. The highest BCUT2D eigenvalue weighted by atomic mass is 16.3. The molecule has 0 saturated heterocycles. The molecular formula is C19H25NO2. The molecule has 2 aromatic rings. The van der Waals surface area contributed by atoms with Crippen LogP contribution in [0.25, 0.3) is 0 Å². The van der Waals surface area contributed by atoms with Gasteiger partial charge >= 0.3 is 0 Å². The van der Waals surface area contributed by atoms with Crippen LogP contribution in [0.5, 0.6) is 5.75 Å². The van der Waals surface area contributed by atoms with Gasteiger partial charge in [0.05, 0.1) is 6.10 Å². The molecular weight excluding hydrogens is 274 g/mol. The van der Waals surface area contributed by atoms with Gasteiger partial charge in [0.25, 0.3) is 0 Å². The summed E-state index contributed by atoms with van der Waals surface area (Å²) >= 11 is 0. The van der Waals surface area contributed by atoms with Crippen LogP contribution in [0.3, 0.4) is 0 Å². The lowest BCUT2D eigenvalue weighted by Gasteiger charge is -2.12. The molecule has 3 heteroatoms. The Morgan fingerprint density at radius 3 is 2.45 bits per heavy atom. The van der Waals surface area contributed by atoms with Crippen molar-refractivity contribution in [1.82, 2.24) is 5.32 Å². The summed E-state index contributed by atoms with van der Waals surface area (Å²) in [6, 6.07) is 15.7. The monoisotopic (exact) mass is 299 g/mol.